The fourth-order valence-electron chi connectivity index (χ4n) is 1.68. The number of hydrogen-bond acceptors (Lipinski definition) is 3. The zero-order valence-electron chi connectivity index (χ0n) is 9.71. The maximum Gasteiger partial charge on any atom is 0.339 e. The second-order valence-electron chi connectivity index (χ2n) is 3.70. The van der Waals surface area contributed by atoms with Gasteiger partial charge in [0.05, 0.1) is 0 Å². The van der Waals surface area contributed by atoms with E-state index in [1.807, 2.05) is 13.8 Å². The summed E-state index contributed by atoms with van der Waals surface area (Å²) in [6.07, 6.45) is 4.10. The number of rotatable bonds is 3. The van der Waals surface area contributed by atoms with Gasteiger partial charge in [-0.25, -0.2) is 14.8 Å². The number of imidazole rings is 1. The van der Waals surface area contributed by atoms with E-state index >= 15 is 0 Å². The smallest absolute Gasteiger partial charge is 0.339 e. The number of carboxylic acids is 1. The zero-order chi connectivity index (χ0) is 12.4. The molecule has 5 nitrogen and oxygen atoms in total. The molecule has 0 bridgehead atoms. The zero-order valence-corrected chi connectivity index (χ0v) is 9.71. The molecule has 2 aromatic rings. The fourth-order valence-corrected chi connectivity index (χ4v) is 1.68. The number of aryl methyl sites for hydroxylation is 2. The molecule has 0 saturated carbocycles. The lowest BCUT2D eigenvalue weighted by Gasteiger charge is -2.09. The van der Waals surface area contributed by atoms with Gasteiger partial charge >= 0.3 is 5.97 Å². The van der Waals surface area contributed by atoms with Gasteiger partial charge in [-0.05, 0) is 19.1 Å². The third-order valence-electron chi connectivity index (χ3n) is 2.51. The van der Waals surface area contributed by atoms with Gasteiger partial charge in [-0.15, -0.1) is 0 Å². The average Bonchev–Trinajstić information content (AvgIpc) is 2.76. The predicted octanol–water partition coefficient (Wildman–Crippen LogP) is 1.84. The Morgan fingerprint density at radius 2 is 2.24 bits per heavy atom. The lowest BCUT2D eigenvalue weighted by Crippen LogP contribution is -2.10. The van der Waals surface area contributed by atoms with Gasteiger partial charge in [0.15, 0.2) is 5.82 Å². The maximum atomic E-state index is 11.2. The van der Waals surface area contributed by atoms with Gasteiger partial charge in [-0.3, -0.25) is 4.57 Å². The van der Waals surface area contributed by atoms with E-state index in [9.17, 15) is 4.79 Å². The Morgan fingerprint density at radius 3 is 2.88 bits per heavy atom. The van der Waals surface area contributed by atoms with Crippen LogP contribution in [0.3, 0.4) is 0 Å². The molecule has 0 amide bonds. The van der Waals surface area contributed by atoms with Crippen LogP contribution >= 0.6 is 0 Å². The predicted molar refractivity (Wildman–Crippen MR) is 62.4 cm³/mol. The first-order valence-corrected chi connectivity index (χ1v) is 5.37. The molecule has 17 heavy (non-hydrogen) atoms. The number of carbonyl (C=O) groups is 1. The molecule has 0 fully saturated rings. The van der Waals surface area contributed by atoms with Gasteiger partial charge < -0.3 is 5.11 Å². The topological polar surface area (TPSA) is 68.0 Å². The number of hydrogen-bond donors (Lipinski definition) is 1. The summed E-state index contributed by atoms with van der Waals surface area (Å²) in [6.45, 7) is 3.80. The Labute approximate surface area is 98.8 Å². The number of carboxylic acid groups (broad SMARTS) is 1. The summed E-state index contributed by atoms with van der Waals surface area (Å²) in [5.74, 6) is 0.237. The summed E-state index contributed by atoms with van der Waals surface area (Å²) in [4.78, 5) is 19.6. The van der Waals surface area contributed by atoms with Gasteiger partial charge in [0.25, 0.3) is 0 Å². The van der Waals surface area contributed by atoms with E-state index < -0.39 is 5.97 Å². The van der Waals surface area contributed by atoms with Crippen molar-refractivity contribution in [2.24, 2.45) is 0 Å². The summed E-state index contributed by atoms with van der Waals surface area (Å²) < 4.78 is 1.72. The minimum absolute atomic E-state index is 0.184. The van der Waals surface area contributed by atoms with Crippen LogP contribution in [0.4, 0.5) is 0 Å². The Bertz CT molecular complexity index is 561. The normalized spacial score (nSPS) is 10.5. The molecule has 0 atom stereocenters. The van der Waals surface area contributed by atoms with Crippen molar-refractivity contribution in [2.45, 2.75) is 20.3 Å². The van der Waals surface area contributed by atoms with Crippen molar-refractivity contribution in [1.82, 2.24) is 14.5 Å². The van der Waals surface area contributed by atoms with E-state index in [0.717, 1.165) is 17.9 Å². The summed E-state index contributed by atoms with van der Waals surface area (Å²) in [5.41, 5.74) is 0.962. The molecule has 0 saturated heterocycles. The van der Waals surface area contributed by atoms with Crippen LogP contribution in [-0.2, 0) is 6.42 Å². The number of aromatic carboxylic acids is 1. The molecule has 88 valence electrons. The van der Waals surface area contributed by atoms with Crippen molar-refractivity contribution in [3.63, 3.8) is 0 Å². The second kappa shape index (κ2) is 4.37. The van der Waals surface area contributed by atoms with Crippen LogP contribution < -0.4 is 0 Å². The van der Waals surface area contributed by atoms with Crippen LogP contribution in [0, 0.1) is 6.92 Å². The summed E-state index contributed by atoms with van der Waals surface area (Å²) in [5, 5.41) is 9.15. The minimum atomic E-state index is -0.983. The van der Waals surface area contributed by atoms with Crippen molar-refractivity contribution in [1.29, 1.82) is 0 Å². The average molecular weight is 231 g/mol. The minimum Gasteiger partial charge on any atom is -0.478 e. The fraction of sp³-hybridized carbons (Fsp3) is 0.250. The van der Waals surface area contributed by atoms with E-state index in [-0.39, 0.29) is 5.56 Å². The van der Waals surface area contributed by atoms with E-state index in [1.54, 1.807) is 29.1 Å². The summed E-state index contributed by atoms with van der Waals surface area (Å²) >= 11 is 0. The molecule has 0 spiro atoms. The lowest BCUT2D eigenvalue weighted by molar-refractivity contribution is 0.0696. The first-order valence-electron chi connectivity index (χ1n) is 5.37. The van der Waals surface area contributed by atoms with Crippen LogP contribution in [0.5, 0.6) is 0 Å². The molecule has 0 unspecified atom stereocenters. The third kappa shape index (κ3) is 2.04. The lowest BCUT2D eigenvalue weighted by atomic mass is 10.2. The molecule has 0 aromatic carbocycles. The molecule has 0 radical (unpaired) electrons. The van der Waals surface area contributed by atoms with Crippen molar-refractivity contribution < 1.29 is 9.90 Å². The Morgan fingerprint density at radius 1 is 1.47 bits per heavy atom. The molecule has 0 aliphatic carbocycles. The molecule has 0 aliphatic rings. The first kappa shape index (κ1) is 11.3. The van der Waals surface area contributed by atoms with Crippen LogP contribution in [0.2, 0.25) is 0 Å². The quantitative estimate of drug-likeness (QED) is 0.875. The first-order chi connectivity index (χ1) is 8.13. The molecular formula is C12H13N3O2. The highest BCUT2D eigenvalue weighted by atomic mass is 16.4. The molecule has 1 N–H and O–H groups in total. The highest BCUT2D eigenvalue weighted by Crippen LogP contribution is 2.15. The van der Waals surface area contributed by atoms with Crippen LogP contribution in [0.25, 0.3) is 5.82 Å². The second-order valence-corrected chi connectivity index (χ2v) is 3.70. The molecule has 5 heteroatoms. The molecule has 0 aliphatic heterocycles. The van der Waals surface area contributed by atoms with E-state index in [4.69, 9.17) is 5.11 Å². The number of nitrogens with zero attached hydrogens (tertiary/aromatic N) is 3. The van der Waals surface area contributed by atoms with E-state index in [1.165, 1.54) is 0 Å². The summed E-state index contributed by atoms with van der Waals surface area (Å²) in [6, 6.07) is 3.26. The Balaban J connectivity index is 2.65. The highest BCUT2D eigenvalue weighted by Gasteiger charge is 2.15. The van der Waals surface area contributed by atoms with Gasteiger partial charge in [-0.1, -0.05) is 6.92 Å². The van der Waals surface area contributed by atoms with Gasteiger partial charge in [0.1, 0.15) is 11.4 Å². The van der Waals surface area contributed by atoms with Crippen molar-refractivity contribution in [3.05, 3.63) is 41.6 Å². The van der Waals surface area contributed by atoms with Crippen molar-refractivity contribution >= 4 is 5.97 Å². The maximum absolute atomic E-state index is 11.2. The van der Waals surface area contributed by atoms with Crippen molar-refractivity contribution in [3.8, 4) is 5.82 Å². The van der Waals surface area contributed by atoms with Gasteiger partial charge in [0.2, 0.25) is 0 Å². The molecular weight excluding hydrogens is 218 g/mol. The van der Waals surface area contributed by atoms with Gasteiger partial charge in [0, 0.05) is 24.5 Å². The van der Waals surface area contributed by atoms with Crippen LogP contribution in [0.1, 0.15) is 28.8 Å². The van der Waals surface area contributed by atoms with Crippen molar-refractivity contribution in [2.75, 3.05) is 0 Å². The SMILES string of the molecule is CCc1nccn1-c1nc(C)ccc1C(=O)O. The number of aromatic nitrogens is 3. The molecule has 2 aromatic heterocycles. The Kier molecular flexibility index (Phi) is 2.91. The monoisotopic (exact) mass is 231 g/mol. The standard InChI is InChI=1S/C12H13N3O2/c1-3-10-13-6-7-15(10)11-9(12(16)17)5-4-8(2)14-11/h4-7H,3H2,1-2H3,(H,16,17). The molecule has 2 rings (SSSR count). The summed E-state index contributed by atoms with van der Waals surface area (Å²) in [7, 11) is 0. The number of pyridine rings is 1. The van der Waals surface area contributed by atoms with E-state index in [0.29, 0.717) is 5.82 Å². The Hall–Kier alpha value is -2.17. The van der Waals surface area contributed by atoms with Gasteiger partial charge in [-0.2, -0.15) is 0 Å². The third-order valence-corrected chi connectivity index (χ3v) is 2.51. The van der Waals surface area contributed by atoms with E-state index in [2.05, 4.69) is 9.97 Å². The largest absolute Gasteiger partial charge is 0.478 e. The highest BCUT2D eigenvalue weighted by molar-refractivity contribution is 5.91. The van der Waals surface area contributed by atoms with Crippen LogP contribution in [0.15, 0.2) is 24.5 Å². The molecule has 2 heterocycles. The van der Waals surface area contributed by atoms with Crippen LogP contribution in [-0.4, -0.2) is 25.6 Å².